The molecule has 1 aliphatic rings. The number of rotatable bonds is 3. The molecule has 0 bridgehead atoms. The summed E-state index contributed by atoms with van der Waals surface area (Å²) in [5.74, 6) is 1.95. The summed E-state index contributed by atoms with van der Waals surface area (Å²) < 4.78 is 23.9. The zero-order valence-corrected chi connectivity index (χ0v) is 18.6. The largest absolute Gasteiger partial charge is 0.398 e. The average Bonchev–Trinajstić information content (AvgIpc) is 2.75. The second-order valence-electron chi connectivity index (χ2n) is 7.69. The van der Waals surface area contributed by atoms with Crippen LogP contribution in [0.2, 0.25) is 0 Å². The molecule has 1 aliphatic heterocycles. The molecule has 1 aromatic heterocycles. The topological polar surface area (TPSA) is 118 Å². The number of nitrogens with one attached hydrogen (secondary N) is 2. The molecular weight excluding hydrogens is 413 g/mol. The maximum atomic E-state index is 13.3. The van der Waals surface area contributed by atoms with E-state index in [0.29, 0.717) is 17.1 Å². The number of nitrogens with zero attached hydrogens (tertiary/aromatic N) is 1. The SMILES string of the molecule is CC(C)c1nc(N)c2cc(N)c(C=N)cc2c1-c1ccc(F)cc1.O=S1CCNCC1. The van der Waals surface area contributed by atoms with Crippen LogP contribution in [0, 0.1) is 11.2 Å². The molecular formula is C23H28FN5OS. The van der Waals surface area contributed by atoms with Crippen molar-refractivity contribution in [2.45, 2.75) is 19.8 Å². The minimum absolute atomic E-state index is 0.137. The number of nitrogens with two attached hydrogens (primary N) is 2. The molecule has 0 radical (unpaired) electrons. The van der Waals surface area contributed by atoms with Gasteiger partial charge in [-0.05, 0) is 41.1 Å². The van der Waals surface area contributed by atoms with Crippen LogP contribution in [0.5, 0.6) is 0 Å². The van der Waals surface area contributed by atoms with Gasteiger partial charge in [-0.25, -0.2) is 9.37 Å². The summed E-state index contributed by atoms with van der Waals surface area (Å²) in [5.41, 5.74) is 15.8. The van der Waals surface area contributed by atoms with E-state index in [4.69, 9.17) is 16.9 Å². The lowest BCUT2D eigenvalue weighted by Crippen LogP contribution is -2.32. The number of hydrogen-bond donors (Lipinski definition) is 4. The number of aromatic nitrogens is 1. The van der Waals surface area contributed by atoms with Gasteiger partial charge in [-0.15, -0.1) is 0 Å². The van der Waals surface area contributed by atoms with Crippen LogP contribution in [-0.4, -0.2) is 40.0 Å². The Hall–Kier alpha value is -2.84. The molecule has 0 atom stereocenters. The predicted octanol–water partition coefficient (Wildman–Crippen LogP) is 3.66. The van der Waals surface area contributed by atoms with E-state index < -0.39 is 10.8 Å². The Morgan fingerprint density at radius 1 is 1.13 bits per heavy atom. The van der Waals surface area contributed by atoms with Crippen LogP contribution in [0.25, 0.3) is 21.9 Å². The van der Waals surface area contributed by atoms with Gasteiger partial charge >= 0.3 is 0 Å². The first-order chi connectivity index (χ1) is 14.8. The molecule has 0 aliphatic carbocycles. The summed E-state index contributed by atoms with van der Waals surface area (Å²) in [7, 11) is -0.503. The van der Waals surface area contributed by atoms with Crippen molar-refractivity contribution in [3.05, 3.63) is 53.5 Å². The van der Waals surface area contributed by atoms with Crippen molar-refractivity contribution in [2.75, 3.05) is 36.1 Å². The number of hydrogen-bond acceptors (Lipinski definition) is 6. The van der Waals surface area contributed by atoms with Gasteiger partial charge in [-0.2, -0.15) is 0 Å². The second kappa shape index (κ2) is 9.98. The van der Waals surface area contributed by atoms with E-state index in [0.717, 1.165) is 52.2 Å². The molecule has 164 valence electrons. The van der Waals surface area contributed by atoms with E-state index >= 15 is 0 Å². The maximum Gasteiger partial charge on any atom is 0.131 e. The minimum atomic E-state index is -0.503. The lowest BCUT2D eigenvalue weighted by atomic mass is 9.91. The molecule has 1 fully saturated rings. The van der Waals surface area contributed by atoms with Gasteiger partial charge in [0.15, 0.2) is 0 Å². The Labute approximate surface area is 184 Å². The lowest BCUT2D eigenvalue weighted by Gasteiger charge is -2.18. The van der Waals surface area contributed by atoms with E-state index in [-0.39, 0.29) is 11.7 Å². The third kappa shape index (κ3) is 5.26. The molecule has 0 saturated carbocycles. The van der Waals surface area contributed by atoms with Gasteiger partial charge in [0, 0.05) is 63.8 Å². The number of pyridine rings is 1. The van der Waals surface area contributed by atoms with E-state index in [9.17, 15) is 8.60 Å². The quantitative estimate of drug-likeness (QED) is 0.365. The van der Waals surface area contributed by atoms with Crippen LogP contribution in [0.4, 0.5) is 15.9 Å². The number of nitrogen functional groups attached to an aromatic ring is 2. The average molecular weight is 442 g/mol. The minimum Gasteiger partial charge on any atom is -0.398 e. The highest BCUT2D eigenvalue weighted by atomic mass is 32.2. The van der Waals surface area contributed by atoms with Crippen LogP contribution >= 0.6 is 0 Å². The van der Waals surface area contributed by atoms with E-state index in [1.165, 1.54) is 18.3 Å². The van der Waals surface area contributed by atoms with Gasteiger partial charge in [-0.1, -0.05) is 26.0 Å². The number of benzene rings is 2. The second-order valence-corrected chi connectivity index (χ2v) is 9.38. The van der Waals surface area contributed by atoms with Crippen LogP contribution in [-0.2, 0) is 10.8 Å². The van der Waals surface area contributed by atoms with Gasteiger partial charge in [0.25, 0.3) is 0 Å². The zero-order chi connectivity index (χ0) is 22.5. The first kappa shape index (κ1) is 22.8. The molecule has 2 aromatic carbocycles. The Bertz CT molecular complexity index is 1110. The van der Waals surface area contributed by atoms with E-state index in [1.807, 2.05) is 19.9 Å². The van der Waals surface area contributed by atoms with E-state index in [1.54, 1.807) is 18.2 Å². The molecule has 3 aromatic rings. The molecule has 0 amide bonds. The van der Waals surface area contributed by atoms with Crippen molar-refractivity contribution < 1.29 is 8.60 Å². The highest BCUT2D eigenvalue weighted by molar-refractivity contribution is 7.85. The van der Waals surface area contributed by atoms with Crippen molar-refractivity contribution in [3.63, 3.8) is 0 Å². The van der Waals surface area contributed by atoms with Gasteiger partial charge in [0.05, 0.1) is 5.69 Å². The molecule has 6 nitrogen and oxygen atoms in total. The van der Waals surface area contributed by atoms with Gasteiger partial charge in [0.1, 0.15) is 11.6 Å². The molecule has 1 saturated heterocycles. The summed E-state index contributed by atoms with van der Waals surface area (Å²) >= 11 is 0. The van der Waals surface area contributed by atoms with Crippen molar-refractivity contribution in [1.82, 2.24) is 10.3 Å². The first-order valence-corrected chi connectivity index (χ1v) is 11.6. The Kier molecular flexibility index (Phi) is 7.35. The lowest BCUT2D eigenvalue weighted by molar-refractivity contribution is 0.628. The molecule has 8 heteroatoms. The van der Waals surface area contributed by atoms with Crippen molar-refractivity contribution in [1.29, 1.82) is 5.41 Å². The van der Waals surface area contributed by atoms with Gasteiger partial charge < -0.3 is 22.2 Å². The van der Waals surface area contributed by atoms with Crippen LogP contribution in [0.15, 0.2) is 36.4 Å². The van der Waals surface area contributed by atoms with Crippen LogP contribution in [0.1, 0.15) is 31.0 Å². The van der Waals surface area contributed by atoms with Crippen LogP contribution < -0.4 is 16.8 Å². The third-order valence-electron chi connectivity index (χ3n) is 5.11. The first-order valence-electron chi connectivity index (χ1n) is 10.2. The molecule has 31 heavy (non-hydrogen) atoms. The molecule has 0 spiro atoms. The molecule has 0 unspecified atom stereocenters. The smallest absolute Gasteiger partial charge is 0.131 e. The molecule has 6 N–H and O–H groups in total. The highest BCUT2D eigenvalue weighted by Crippen LogP contribution is 2.38. The summed E-state index contributed by atoms with van der Waals surface area (Å²) in [6, 6.07) is 9.91. The molecule has 2 heterocycles. The Morgan fingerprint density at radius 2 is 1.77 bits per heavy atom. The number of anilines is 2. The summed E-state index contributed by atoms with van der Waals surface area (Å²) in [5, 5.41) is 12.3. The fourth-order valence-electron chi connectivity index (χ4n) is 3.50. The highest BCUT2D eigenvalue weighted by Gasteiger charge is 2.18. The third-order valence-corrected chi connectivity index (χ3v) is 6.43. The zero-order valence-electron chi connectivity index (χ0n) is 17.7. The van der Waals surface area contributed by atoms with Gasteiger partial charge in [0.2, 0.25) is 0 Å². The number of fused-ring (bicyclic) bond motifs is 1. The Morgan fingerprint density at radius 3 is 2.29 bits per heavy atom. The fraction of sp³-hybridized carbons (Fsp3) is 0.304. The standard InChI is InChI=1S/C19H19FN4.C4H9NOS/c1-10(2)18-17(11-3-5-13(20)6-4-11)14-7-12(9-21)16(22)8-15(14)19(23)24-18;6-7-3-1-5-2-4-7/h3-10,21H,22H2,1-2H3,(H2,23,24);5H,1-4H2. The van der Waals surface area contributed by atoms with E-state index in [2.05, 4.69) is 10.3 Å². The van der Waals surface area contributed by atoms with Crippen molar-refractivity contribution in [3.8, 4) is 11.1 Å². The van der Waals surface area contributed by atoms with Gasteiger partial charge in [-0.3, -0.25) is 4.21 Å². The normalized spacial score (nSPS) is 14.3. The predicted molar refractivity (Wildman–Crippen MR) is 129 cm³/mol. The Balaban J connectivity index is 0.000000330. The maximum absolute atomic E-state index is 13.3. The summed E-state index contributed by atoms with van der Waals surface area (Å²) in [6.07, 6.45) is 1.22. The monoisotopic (exact) mass is 441 g/mol. The van der Waals surface area contributed by atoms with Crippen molar-refractivity contribution in [2.24, 2.45) is 0 Å². The summed E-state index contributed by atoms with van der Waals surface area (Å²) in [6.45, 7) is 5.95. The van der Waals surface area contributed by atoms with Crippen LogP contribution in [0.3, 0.4) is 0 Å². The summed E-state index contributed by atoms with van der Waals surface area (Å²) in [4.78, 5) is 4.57. The fourth-order valence-corrected chi connectivity index (χ4v) is 4.45. The molecule has 4 rings (SSSR count). The van der Waals surface area contributed by atoms with Crippen molar-refractivity contribution >= 4 is 39.3 Å². The number of halogens is 1.